The van der Waals surface area contributed by atoms with Crippen LogP contribution < -0.4 is 14.5 Å². The molecule has 2 aromatic heterocycles. The number of ether oxygens (including phenoxy) is 1. The Morgan fingerprint density at radius 3 is 2.49 bits per heavy atom. The number of carbonyl (C=O) groups is 1. The lowest BCUT2D eigenvalue weighted by Crippen LogP contribution is -2.48. The van der Waals surface area contributed by atoms with Crippen molar-refractivity contribution in [3.8, 4) is 11.6 Å². The van der Waals surface area contributed by atoms with Gasteiger partial charge in [-0.15, -0.1) is 0 Å². The molecule has 37 heavy (non-hydrogen) atoms. The Bertz CT molecular complexity index is 1250. The summed E-state index contributed by atoms with van der Waals surface area (Å²) in [6.07, 6.45) is 5.09. The van der Waals surface area contributed by atoms with Crippen molar-refractivity contribution in [1.29, 1.82) is 0 Å². The number of amides is 1. The molecule has 0 spiro atoms. The van der Waals surface area contributed by atoms with Crippen molar-refractivity contribution < 1.29 is 14.6 Å². The molecule has 3 aromatic rings. The van der Waals surface area contributed by atoms with Gasteiger partial charge in [-0.25, -0.2) is 4.98 Å². The lowest BCUT2D eigenvalue weighted by Gasteiger charge is -2.35. The molecule has 2 aliphatic rings. The van der Waals surface area contributed by atoms with Gasteiger partial charge in [-0.2, -0.15) is 4.98 Å². The van der Waals surface area contributed by atoms with Gasteiger partial charge in [-0.3, -0.25) is 4.79 Å². The van der Waals surface area contributed by atoms with Gasteiger partial charge >= 0.3 is 0 Å². The highest BCUT2D eigenvalue weighted by Gasteiger charge is 2.31. The van der Waals surface area contributed by atoms with E-state index in [4.69, 9.17) is 14.7 Å². The van der Waals surface area contributed by atoms with Crippen molar-refractivity contribution in [2.75, 3.05) is 49.1 Å². The first kappa shape index (κ1) is 25.2. The Hall–Kier alpha value is -3.49. The summed E-state index contributed by atoms with van der Waals surface area (Å²) < 4.78 is 7.49. The predicted octanol–water partition coefficient (Wildman–Crippen LogP) is 4.00. The number of piperazine rings is 1. The van der Waals surface area contributed by atoms with Gasteiger partial charge in [0.1, 0.15) is 17.1 Å². The van der Waals surface area contributed by atoms with Gasteiger partial charge in [0, 0.05) is 57.9 Å². The average Bonchev–Trinajstić information content (AvgIpc) is 3.49. The van der Waals surface area contributed by atoms with E-state index in [2.05, 4.69) is 35.8 Å². The van der Waals surface area contributed by atoms with E-state index in [0.717, 1.165) is 42.8 Å². The SMILES string of the molecule is CCOc1ccc(CC2CCCN2c2nc(N3CCN(C(C)=O)CC3)nc3c(O)n(C(C)C)cc23)cc1. The monoisotopic (exact) mass is 506 g/mol. The number of aromatic nitrogens is 3. The normalized spacial score (nSPS) is 18.3. The second-order valence-electron chi connectivity index (χ2n) is 10.3. The van der Waals surface area contributed by atoms with Crippen molar-refractivity contribution in [3.05, 3.63) is 36.0 Å². The summed E-state index contributed by atoms with van der Waals surface area (Å²) in [6.45, 7) is 11.9. The van der Waals surface area contributed by atoms with Crippen molar-refractivity contribution in [3.63, 3.8) is 0 Å². The number of benzene rings is 1. The van der Waals surface area contributed by atoms with Crippen molar-refractivity contribution in [2.45, 2.75) is 59.0 Å². The number of carbonyl (C=O) groups excluding carboxylic acids is 1. The van der Waals surface area contributed by atoms with Crippen LogP contribution in [0.3, 0.4) is 0 Å². The van der Waals surface area contributed by atoms with Gasteiger partial charge in [-0.05, 0) is 57.7 Å². The molecule has 9 heteroatoms. The van der Waals surface area contributed by atoms with Crippen LogP contribution in [0.2, 0.25) is 0 Å². The highest BCUT2D eigenvalue weighted by molar-refractivity contribution is 5.94. The Labute approximate surface area is 218 Å². The van der Waals surface area contributed by atoms with Gasteiger partial charge in [0.2, 0.25) is 17.7 Å². The number of hydrogen-bond donors (Lipinski definition) is 1. The molecule has 1 atom stereocenters. The second-order valence-corrected chi connectivity index (χ2v) is 10.3. The van der Waals surface area contributed by atoms with Gasteiger partial charge < -0.3 is 29.1 Å². The third-order valence-corrected chi connectivity index (χ3v) is 7.56. The van der Waals surface area contributed by atoms with Gasteiger partial charge in [0.15, 0.2) is 0 Å². The zero-order chi connectivity index (χ0) is 26.1. The van der Waals surface area contributed by atoms with E-state index in [1.165, 1.54) is 5.56 Å². The zero-order valence-corrected chi connectivity index (χ0v) is 22.4. The highest BCUT2D eigenvalue weighted by atomic mass is 16.5. The third kappa shape index (κ3) is 5.04. The fourth-order valence-electron chi connectivity index (χ4n) is 5.52. The van der Waals surface area contributed by atoms with E-state index < -0.39 is 0 Å². The van der Waals surface area contributed by atoms with Crippen LogP contribution in [0, 0.1) is 0 Å². The molecular weight excluding hydrogens is 468 g/mol. The van der Waals surface area contributed by atoms with Crippen LogP contribution in [0.5, 0.6) is 11.6 Å². The molecule has 9 nitrogen and oxygen atoms in total. The summed E-state index contributed by atoms with van der Waals surface area (Å²) in [5.74, 6) is 2.68. The van der Waals surface area contributed by atoms with Crippen molar-refractivity contribution in [2.24, 2.45) is 0 Å². The molecule has 4 heterocycles. The average molecular weight is 507 g/mol. The zero-order valence-electron chi connectivity index (χ0n) is 22.4. The van der Waals surface area contributed by atoms with E-state index in [0.29, 0.717) is 50.3 Å². The van der Waals surface area contributed by atoms with E-state index in [1.54, 1.807) is 6.92 Å². The molecule has 0 aliphatic carbocycles. The molecule has 0 radical (unpaired) electrons. The van der Waals surface area contributed by atoms with E-state index >= 15 is 0 Å². The number of fused-ring (bicyclic) bond motifs is 1. The van der Waals surface area contributed by atoms with Crippen LogP contribution >= 0.6 is 0 Å². The molecule has 2 fully saturated rings. The van der Waals surface area contributed by atoms with E-state index in [-0.39, 0.29) is 17.8 Å². The van der Waals surface area contributed by atoms with Crippen molar-refractivity contribution in [1.82, 2.24) is 19.4 Å². The number of anilines is 2. The van der Waals surface area contributed by atoms with Crippen LogP contribution in [-0.4, -0.2) is 75.8 Å². The summed E-state index contributed by atoms with van der Waals surface area (Å²) >= 11 is 0. The maximum Gasteiger partial charge on any atom is 0.228 e. The van der Waals surface area contributed by atoms with Gasteiger partial charge in [0.25, 0.3) is 0 Å². The molecule has 198 valence electrons. The molecule has 1 amide bonds. The molecule has 0 bridgehead atoms. The number of hydrogen-bond acceptors (Lipinski definition) is 7. The van der Waals surface area contributed by atoms with Crippen LogP contribution in [0.4, 0.5) is 11.8 Å². The number of aromatic hydroxyl groups is 1. The van der Waals surface area contributed by atoms with Crippen LogP contribution in [0.25, 0.3) is 10.9 Å². The number of nitrogens with zero attached hydrogens (tertiary/aromatic N) is 6. The van der Waals surface area contributed by atoms with Crippen LogP contribution in [-0.2, 0) is 11.2 Å². The first-order valence-corrected chi connectivity index (χ1v) is 13.5. The smallest absolute Gasteiger partial charge is 0.228 e. The van der Waals surface area contributed by atoms with Crippen LogP contribution in [0.15, 0.2) is 30.5 Å². The minimum atomic E-state index is 0.0950. The molecule has 0 saturated carbocycles. The lowest BCUT2D eigenvalue weighted by molar-refractivity contribution is -0.129. The van der Waals surface area contributed by atoms with Crippen LogP contribution in [0.1, 0.15) is 52.1 Å². The Morgan fingerprint density at radius 1 is 1.11 bits per heavy atom. The summed E-state index contributed by atoms with van der Waals surface area (Å²) in [4.78, 5) is 28.2. The van der Waals surface area contributed by atoms with Crippen molar-refractivity contribution >= 4 is 28.6 Å². The summed E-state index contributed by atoms with van der Waals surface area (Å²) in [5.41, 5.74) is 1.86. The van der Waals surface area contributed by atoms with E-state index in [1.807, 2.05) is 34.7 Å². The predicted molar refractivity (Wildman–Crippen MR) is 146 cm³/mol. The topological polar surface area (TPSA) is 87.0 Å². The first-order chi connectivity index (χ1) is 17.9. The lowest BCUT2D eigenvalue weighted by atomic mass is 10.0. The minimum absolute atomic E-state index is 0.0950. The quantitative estimate of drug-likeness (QED) is 0.518. The summed E-state index contributed by atoms with van der Waals surface area (Å²) in [7, 11) is 0. The standard InChI is InChI=1S/C28H38N6O3/c1-5-37-23-10-8-21(9-11-23)17-22-7-6-12-33(22)26-24-18-34(19(2)3)27(36)25(24)29-28(30-26)32-15-13-31(14-16-32)20(4)35/h8-11,18-19,22,36H,5-7,12-17H2,1-4H3. The second kappa shape index (κ2) is 10.5. The van der Waals surface area contributed by atoms with Gasteiger partial charge in [-0.1, -0.05) is 12.1 Å². The third-order valence-electron chi connectivity index (χ3n) is 7.56. The highest BCUT2D eigenvalue weighted by Crippen LogP contribution is 2.38. The fourth-order valence-corrected chi connectivity index (χ4v) is 5.52. The molecule has 2 aliphatic heterocycles. The van der Waals surface area contributed by atoms with Gasteiger partial charge in [0.05, 0.1) is 12.0 Å². The van der Waals surface area contributed by atoms with E-state index in [9.17, 15) is 9.90 Å². The molecule has 1 unspecified atom stereocenters. The maximum atomic E-state index is 11.8. The Kier molecular flexibility index (Phi) is 7.13. The minimum Gasteiger partial charge on any atom is -0.494 e. The molecule has 2 saturated heterocycles. The maximum absolute atomic E-state index is 11.8. The summed E-state index contributed by atoms with van der Waals surface area (Å²) in [5, 5.41) is 12.0. The largest absolute Gasteiger partial charge is 0.494 e. The number of rotatable bonds is 7. The molecule has 1 N–H and O–H groups in total. The molecule has 5 rings (SSSR count). The Balaban J connectivity index is 1.49. The fraction of sp³-hybridized carbons (Fsp3) is 0.536. The summed E-state index contributed by atoms with van der Waals surface area (Å²) in [6, 6.07) is 8.79. The first-order valence-electron chi connectivity index (χ1n) is 13.5. The molecule has 1 aromatic carbocycles. The Morgan fingerprint density at radius 2 is 1.84 bits per heavy atom. The molecular formula is C28H38N6O3.